The summed E-state index contributed by atoms with van der Waals surface area (Å²) in [4.78, 5) is 11.9. The molecule has 0 atom stereocenters. The second-order valence-corrected chi connectivity index (χ2v) is 8.72. The zero-order valence-corrected chi connectivity index (χ0v) is 17.4. The van der Waals surface area contributed by atoms with Crippen LogP contribution in [0.3, 0.4) is 0 Å². The molecule has 2 N–H and O–H groups in total. The van der Waals surface area contributed by atoms with Gasteiger partial charge in [-0.2, -0.15) is 0 Å². The van der Waals surface area contributed by atoms with Crippen molar-refractivity contribution in [2.75, 3.05) is 10.0 Å². The van der Waals surface area contributed by atoms with Crippen molar-refractivity contribution >= 4 is 50.5 Å². The van der Waals surface area contributed by atoms with Crippen molar-refractivity contribution in [1.82, 2.24) is 0 Å². The van der Waals surface area contributed by atoms with Crippen LogP contribution in [-0.4, -0.2) is 14.3 Å². The molecule has 0 aliphatic heterocycles. The van der Waals surface area contributed by atoms with E-state index in [1.54, 1.807) is 19.1 Å². The minimum Gasteiger partial charge on any atom is -0.319 e. The molecule has 0 saturated heterocycles. The Kier molecular flexibility index (Phi) is 6.12. The van der Waals surface area contributed by atoms with Gasteiger partial charge >= 0.3 is 0 Å². The normalized spacial score (nSPS) is 11.2. The van der Waals surface area contributed by atoms with E-state index in [0.29, 0.717) is 21.3 Å². The Morgan fingerprint density at radius 3 is 2.14 bits per heavy atom. The van der Waals surface area contributed by atoms with E-state index in [2.05, 4.69) is 10.0 Å². The number of nitrogens with one attached hydrogen (secondary N) is 2. The van der Waals surface area contributed by atoms with Crippen molar-refractivity contribution in [3.63, 3.8) is 0 Å². The molecule has 0 spiro atoms. The zero-order valence-electron chi connectivity index (χ0n) is 15.0. The van der Waals surface area contributed by atoms with Crippen molar-refractivity contribution in [3.8, 4) is 0 Å². The summed E-state index contributed by atoms with van der Waals surface area (Å²) in [5.41, 5.74) is 1.08. The molecule has 0 unspecified atom stereocenters. The third-order valence-corrected chi connectivity index (χ3v) is 5.89. The third kappa shape index (κ3) is 5.06. The summed E-state index contributed by atoms with van der Waals surface area (Å²) in [7, 11) is -4.03. The molecule has 9 heteroatoms. The molecule has 5 nitrogen and oxygen atoms in total. The van der Waals surface area contributed by atoms with Crippen molar-refractivity contribution in [1.29, 1.82) is 0 Å². The highest BCUT2D eigenvalue weighted by Crippen LogP contribution is 2.25. The summed E-state index contributed by atoms with van der Waals surface area (Å²) < 4.78 is 42.0. The van der Waals surface area contributed by atoms with Crippen LogP contribution in [0.15, 0.2) is 65.6 Å². The molecule has 1 amide bonds. The van der Waals surface area contributed by atoms with Crippen LogP contribution in [0.1, 0.15) is 15.9 Å². The number of carbonyl (C=O) groups is 1. The van der Waals surface area contributed by atoms with Gasteiger partial charge in [-0.1, -0.05) is 23.2 Å². The average Bonchev–Trinajstić information content (AvgIpc) is 2.66. The van der Waals surface area contributed by atoms with Crippen LogP contribution in [0.25, 0.3) is 0 Å². The molecule has 0 radical (unpaired) electrons. The van der Waals surface area contributed by atoms with Crippen LogP contribution < -0.4 is 10.0 Å². The second kappa shape index (κ2) is 8.41. The second-order valence-electron chi connectivity index (χ2n) is 6.17. The van der Waals surface area contributed by atoms with Crippen molar-refractivity contribution in [3.05, 3.63) is 87.7 Å². The summed E-state index contributed by atoms with van der Waals surface area (Å²) in [5, 5.41) is 3.34. The van der Waals surface area contributed by atoms with Crippen LogP contribution in [-0.2, 0) is 10.0 Å². The molecule has 0 aromatic heterocycles. The first-order valence-corrected chi connectivity index (χ1v) is 10.5. The van der Waals surface area contributed by atoms with Gasteiger partial charge in [-0.15, -0.1) is 0 Å². The van der Waals surface area contributed by atoms with Gasteiger partial charge in [0, 0.05) is 15.6 Å². The fourth-order valence-corrected chi connectivity index (χ4v) is 4.00. The predicted octanol–water partition coefficient (Wildman–Crippen LogP) is 5.49. The Bertz CT molecular complexity index is 1180. The smallest absolute Gasteiger partial charge is 0.262 e. The first-order valence-electron chi connectivity index (χ1n) is 8.31. The lowest BCUT2D eigenvalue weighted by Crippen LogP contribution is -2.16. The van der Waals surface area contributed by atoms with Crippen LogP contribution in [0.2, 0.25) is 10.0 Å². The van der Waals surface area contributed by atoms with Gasteiger partial charge in [-0.3, -0.25) is 9.52 Å². The SMILES string of the molecule is Cc1cc(Cl)ccc1NS(=O)(=O)c1ccc(NC(=O)c2ccc(Cl)cc2)c(F)c1. The molecular formula is C20H15Cl2FN2O3S. The topological polar surface area (TPSA) is 75.3 Å². The lowest BCUT2D eigenvalue weighted by molar-refractivity contribution is 0.102. The predicted molar refractivity (Wildman–Crippen MR) is 113 cm³/mol. The summed E-state index contributed by atoms with van der Waals surface area (Å²) in [6.07, 6.45) is 0. The molecule has 0 heterocycles. The van der Waals surface area contributed by atoms with E-state index in [1.165, 1.54) is 42.5 Å². The third-order valence-electron chi connectivity index (χ3n) is 4.04. The molecule has 3 rings (SSSR count). The van der Waals surface area contributed by atoms with Gasteiger partial charge in [0.2, 0.25) is 0 Å². The maximum Gasteiger partial charge on any atom is 0.262 e. The maximum absolute atomic E-state index is 14.4. The Hall–Kier alpha value is -2.61. The van der Waals surface area contributed by atoms with Gasteiger partial charge in [0.15, 0.2) is 0 Å². The van der Waals surface area contributed by atoms with Crippen LogP contribution in [0.4, 0.5) is 15.8 Å². The molecule has 29 heavy (non-hydrogen) atoms. The fraction of sp³-hybridized carbons (Fsp3) is 0.0500. The van der Waals surface area contributed by atoms with Crippen LogP contribution in [0, 0.1) is 12.7 Å². The standard InChI is InChI=1S/C20H15Cl2FN2O3S/c1-12-10-15(22)6-8-18(12)25-29(27,28)16-7-9-19(17(23)11-16)24-20(26)13-2-4-14(21)5-3-13/h2-11,25H,1H3,(H,24,26). The highest BCUT2D eigenvalue weighted by Gasteiger charge is 2.18. The minimum atomic E-state index is -4.03. The summed E-state index contributed by atoms with van der Waals surface area (Å²) in [6, 6.07) is 14.0. The first kappa shape index (κ1) is 21.1. The molecule has 0 aliphatic rings. The molecule has 3 aromatic carbocycles. The first-order chi connectivity index (χ1) is 13.7. The Labute approximate surface area is 177 Å². The van der Waals surface area contributed by atoms with Gasteiger partial charge < -0.3 is 5.32 Å². The largest absolute Gasteiger partial charge is 0.319 e. The summed E-state index contributed by atoms with van der Waals surface area (Å²) >= 11 is 11.6. The Balaban J connectivity index is 1.80. The van der Waals surface area contributed by atoms with E-state index in [0.717, 1.165) is 6.07 Å². The molecule has 0 bridgehead atoms. The molecule has 3 aromatic rings. The highest BCUT2D eigenvalue weighted by atomic mass is 35.5. The maximum atomic E-state index is 14.4. The van der Waals surface area contributed by atoms with Crippen molar-refractivity contribution in [2.24, 2.45) is 0 Å². The number of carbonyl (C=O) groups excluding carboxylic acids is 1. The zero-order chi connectivity index (χ0) is 21.2. The minimum absolute atomic E-state index is 0.147. The van der Waals surface area contributed by atoms with Gasteiger partial charge in [-0.25, -0.2) is 12.8 Å². The molecular weight excluding hydrogens is 438 g/mol. The lowest BCUT2D eigenvalue weighted by atomic mass is 10.2. The summed E-state index contributed by atoms with van der Waals surface area (Å²) in [5.74, 6) is -1.44. The van der Waals surface area contributed by atoms with E-state index in [1.807, 2.05) is 0 Å². The van der Waals surface area contributed by atoms with Gasteiger partial charge in [0.05, 0.1) is 16.3 Å². The number of hydrogen-bond donors (Lipinski definition) is 2. The van der Waals surface area contributed by atoms with E-state index in [9.17, 15) is 17.6 Å². The summed E-state index contributed by atoms with van der Waals surface area (Å²) in [6.45, 7) is 1.69. The number of halogens is 3. The van der Waals surface area contributed by atoms with Gasteiger partial charge in [0.25, 0.3) is 15.9 Å². The van der Waals surface area contributed by atoms with Crippen LogP contribution >= 0.6 is 23.2 Å². The Morgan fingerprint density at radius 2 is 1.52 bits per heavy atom. The van der Waals surface area contributed by atoms with Crippen LogP contribution in [0.5, 0.6) is 0 Å². The van der Waals surface area contributed by atoms with E-state index in [-0.39, 0.29) is 16.1 Å². The number of hydrogen-bond acceptors (Lipinski definition) is 3. The number of benzene rings is 3. The molecule has 0 saturated carbocycles. The number of anilines is 2. The molecule has 150 valence electrons. The van der Waals surface area contributed by atoms with E-state index in [4.69, 9.17) is 23.2 Å². The Morgan fingerprint density at radius 1 is 0.897 bits per heavy atom. The van der Waals surface area contributed by atoms with Gasteiger partial charge in [-0.05, 0) is 73.2 Å². The highest BCUT2D eigenvalue weighted by molar-refractivity contribution is 7.92. The number of amides is 1. The van der Waals surface area contributed by atoms with E-state index < -0.39 is 21.7 Å². The number of aryl methyl sites for hydroxylation is 1. The van der Waals surface area contributed by atoms with E-state index >= 15 is 0 Å². The van der Waals surface area contributed by atoms with Crippen molar-refractivity contribution < 1.29 is 17.6 Å². The van der Waals surface area contributed by atoms with Crippen molar-refractivity contribution in [2.45, 2.75) is 11.8 Å². The molecule has 0 aliphatic carbocycles. The lowest BCUT2D eigenvalue weighted by Gasteiger charge is -2.12. The molecule has 0 fully saturated rings. The van der Waals surface area contributed by atoms with Gasteiger partial charge in [0.1, 0.15) is 5.82 Å². The monoisotopic (exact) mass is 452 g/mol. The fourth-order valence-electron chi connectivity index (χ4n) is 2.51. The number of sulfonamides is 1. The number of rotatable bonds is 5. The quantitative estimate of drug-likeness (QED) is 0.536. The average molecular weight is 453 g/mol.